The lowest BCUT2D eigenvalue weighted by molar-refractivity contribution is -0.116. The Labute approximate surface area is 219 Å². The molecule has 2 aromatic rings. The third-order valence-corrected chi connectivity index (χ3v) is 7.78. The predicted octanol–water partition coefficient (Wildman–Crippen LogP) is 5.32. The molecule has 1 fully saturated rings. The maximum absolute atomic E-state index is 14.3. The van der Waals surface area contributed by atoms with Crippen molar-refractivity contribution in [1.29, 1.82) is 0 Å². The van der Waals surface area contributed by atoms with Crippen LogP contribution in [0.15, 0.2) is 35.6 Å². The van der Waals surface area contributed by atoms with Gasteiger partial charge in [-0.15, -0.1) is 0 Å². The first kappa shape index (κ1) is 25.6. The summed E-state index contributed by atoms with van der Waals surface area (Å²) in [6.45, 7) is 3.62. The lowest BCUT2D eigenvalue weighted by Crippen LogP contribution is -2.42. The fourth-order valence-corrected chi connectivity index (χ4v) is 5.21. The second kappa shape index (κ2) is 11.6. The summed E-state index contributed by atoms with van der Waals surface area (Å²) in [5.41, 5.74) is 3.48. The molecule has 198 valence electrons. The molecule has 5 rings (SSSR count). The van der Waals surface area contributed by atoms with E-state index in [0.717, 1.165) is 56.2 Å². The highest BCUT2D eigenvalue weighted by atomic mass is 19.1. The second-order valence-corrected chi connectivity index (χ2v) is 10.6. The first-order valence-electron chi connectivity index (χ1n) is 13.7. The number of benzene rings is 1. The maximum atomic E-state index is 14.3. The fourth-order valence-electron chi connectivity index (χ4n) is 5.21. The van der Waals surface area contributed by atoms with Gasteiger partial charge in [-0.25, -0.2) is 14.5 Å². The van der Waals surface area contributed by atoms with E-state index in [1.807, 2.05) is 36.7 Å². The number of hydrazone groups is 1. The zero-order chi connectivity index (χ0) is 25.8. The molecule has 8 heteroatoms. The summed E-state index contributed by atoms with van der Waals surface area (Å²) in [6.07, 6.45) is 12.7. The van der Waals surface area contributed by atoms with Crippen LogP contribution in [-0.4, -0.2) is 53.5 Å². The minimum absolute atomic E-state index is 0.0487. The van der Waals surface area contributed by atoms with Gasteiger partial charge in [-0.3, -0.25) is 4.79 Å². The molecule has 7 nitrogen and oxygen atoms in total. The quantitative estimate of drug-likeness (QED) is 0.394. The van der Waals surface area contributed by atoms with Crippen LogP contribution in [-0.2, 0) is 17.6 Å². The Hall–Kier alpha value is -3.00. The molecule has 37 heavy (non-hydrogen) atoms. The predicted molar refractivity (Wildman–Crippen MR) is 143 cm³/mol. The van der Waals surface area contributed by atoms with Crippen LogP contribution in [0.3, 0.4) is 0 Å². The average Bonchev–Trinajstić information content (AvgIpc) is 3.67. The van der Waals surface area contributed by atoms with Crippen molar-refractivity contribution >= 4 is 17.9 Å². The molecule has 2 aliphatic heterocycles. The van der Waals surface area contributed by atoms with E-state index in [0.29, 0.717) is 30.5 Å². The van der Waals surface area contributed by atoms with Crippen LogP contribution < -0.4 is 10.1 Å². The molecule has 2 unspecified atom stereocenters. The van der Waals surface area contributed by atoms with Gasteiger partial charge >= 0.3 is 0 Å². The highest BCUT2D eigenvalue weighted by Gasteiger charge is 2.29. The Bertz CT molecular complexity index is 1140. The van der Waals surface area contributed by atoms with Gasteiger partial charge in [-0.1, -0.05) is 25.5 Å². The van der Waals surface area contributed by atoms with Crippen LogP contribution in [0.2, 0.25) is 0 Å². The SMILES string of the molecule is CCC(CN1C(CCCCc2cnc3c(c2)CCC(=O)N3)C=NN1C)c1ccc(F)c(OCC2CC2)c1. The maximum Gasteiger partial charge on any atom is 0.225 e. The molecule has 3 heterocycles. The minimum atomic E-state index is -0.280. The van der Waals surface area contributed by atoms with Gasteiger partial charge in [0.15, 0.2) is 11.6 Å². The Kier molecular flexibility index (Phi) is 8.03. The number of hydrazine groups is 1. The number of hydrogen-bond donors (Lipinski definition) is 1. The molecule has 1 saturated carbocycles. The van der Waals surface area contributed by atoms with Crippen molar-refractivity contribution in [2.75, 3.05) is 25.5 Å². The van der Waals surface area contributed by atoms with Crippen molar-refractivity contribution in [3.8, 4) is 5.75 Å². The highest BCUT2D eigenvalue weighted by molar-refractivity contribution is 5.92. The van der Waals surface area contributed by atoms with Gasteiger partial charge in [0.25, 0.3) is 0 Å². The van der Waals surface area contributed by atoms with Gasteiger partial charge in [-0.2, -0.15) is 10.1 Å². The zero-order valence-corrected chi connectivity index (χ0v) is 22.0. The molecule has 1 aromatic carbocycles. The third-order valence-electron chi connectivity index (χ3n) is 7.78. The number of carbonyl (C=O) groups is 1. The summed E-state index contributed by atoms with van der Waals surface area (Å²) >= 11 is 0. The number of halogens is 1. The summed E-state index contributed by atoms with van der Waals surface area (Å²) in [4.78, 5) is 16.0. The number of unbranched alkanes of at least 4 members (excludes halogenated alkanes) is 1. The van der Waals surface area contributed by atoms with Crippen LogP contribution in [0.4, 0.5) is 10.2 Å². The smallest absolute Gasteiger partial charge is 0.225 e. The summed E-state index contributed by atoms with van der Waals surface area (Å²) in [7, 11) is 2.00. The largest absolute Gasteiger partial charge is 0.490 e. The number of pyridine rings is 1. The molecule has 1 amide bonds. The third kappa shape index (κ3) is 6.47. The van der Waals surface area contributed by atoms with Crippen molar-refractivity contribution in [2.24, 2.45) is 11.0 Å². The van der Waals surface area contributed by atoms with E-state index in [-0.39, 0.29) is 23.7 Å². The van der Waals surface area contributed by atoms with E-state index in [4.69, 9.17) is 4.74 Å². The van der Waals surface area contributed by atoms with Gasteiger partial charge in [-0.05, 0) is 85.6 Å². The molecule has 1 aliphatic carbocycles. The van der Waals surface area contributed by atoms with Crippen molar-refractivity contribution in [2.45, 2.75) is 76.7 Å². The van der Waals surface area contributed by atoms with Gasteiger partial charge in [0.05, 0.1) is 12.6 Å². The first-order valence-corrected chi connectivity index (χ1v) is 13.7. The summed E-state index contributed by atoms with van der Waals surface area (Å²) in [5, 5.41) is 11.7. The van der Waals surface area contributed by atoms with E-state index < -0.39 is 0 Å². The lowest BCUT2D eigenvalue weighted by Gasteiger charge is -2.32. The van der Waals surface area contributed by atoms with E-state index in [9.17, 15) is 9.18 Å². The number of nitrogens with zero attached hydrogens (tertiary/aromatic N) is 4. The molecule has 3 aliphatic rings. The molecule has 0 radical (unpaired) electrons. The number of rotatable bonds is 12. The minimum Gasteiger partial charge on any atom is -0.490 e. The number of hydrogen-bond acceptors (Lipinski definition) is 6. The van der Waals surface area contributed by atoms with Crippen molar-refractivity contribution in [1.82, 2.24) is 15.1 Å². The number of aromatic nitrogens is 1. The van der Waals surface area contributed by atoms with E-state index in [2.05, 4.69) is 33.4 Å². The van der Waals surface area contributed by atoms with Crippen LogP contribution >= 0.6 is 0 Å². The normalized spacial score (nSPS) is 20.1. The molecule has 1 aromatic heterocycles. The number of carbonyl (C=O) groups excluding carboxylic acids is 1. The number of aryl methyl sites for hydroxylation is 2. The molecular formula is C29H38FN5O2. The first-order chi connectivity index (χ1) is 18.0. The number of nitrogens with one attached hydrogen (secondary N) is 1. The van der Waals surface area contributed by atoms with Crippen LogP contribution in [0, 0.1) is 11.7 Å². The Balaban J connectivity index is 1.14. The van der Waals surface area contributed by atoms with Gasteiger partial charge in [0, 0.05) is 32.4 Å². The molecule has 2 atom stereocenters. The monoisotopic (exact) mass is 507 g/mol. The van der Waals surface area contributed by atoms with Gasteiger partial charge < -0.3 is 10.1 Å². The van der Waals surface area contributed by atoms with Crippen molar-refractivity contribution in [3.05, 3.63) is 53.0 Å². The lowest BCUT2D eigenvalue weighted by atomic mass is 9.95. The standard InChI is InChI=1S/C29H38FN5O2/c1-3-22(23-10-12-26(30)27(15-23)37-19-20-8-9-20)18-35-25(17-32-34(35)2)7-5-4-6-21-14-24-11-13-28(36)33-29(24)31-16-21/h10,12,14-17,20,22,25H,3-9,11,13,18-19H2,1-2H3,(H,31,33,36). The van der Waals surface area contributed by atoms with Crippen molar-refractivity contribution < 1.29 is 13.9 Å². The number of ether oxygens (including phenoxy) is 1. The van der Waals surface area contributed by atoms with Gasteiger partial charge in [0.2, 0.25) is 5.91 Å². The van der Waals surface area contributed by atoms with Crippen LogP contribution in [0.25, 0.3) is 0 Å². The van der Waals surface area contributed by atoms with E-state index >= 15 is 0 Å². The molecule has 0 saturated heterocycles. The topological polar surface area (TPSA) is 70.1 Å². The summed E-state index contributed by atoms with van der Waals surface area (Å²) < 4.78 is 20.1. The van der Waals surface area contributed by atoms with Crippen molar-refractivity contribution in [3.63, 3.8) is 0 Å². The number of fused-ring (bicyclic) bond motifs is 1. The summed E-state index contributed by atoms with van der Waals surface area (Å²) in [5.74, 6) is 1.72. The van der Waals surface area contributed by atoms with Crippen LogP contribution in [0.1, 0.15) is 74.5 Å². The molecular weight excluding hydrogens is 469 g/mol. The molecule has 0 bridgehead atoms. The van der Waals surface area contributed by atoms with Crippen LogP contribution in [0.5, 0.6) is 5.75 Å². The zero-order valence-electron chi connectivity index (χ0n) is 22.0. The fraction of sp³-hybridized carbons (Fsp3) is 0.552. The average molecular weight is 508 g/mol. The molecule has 1 N–H and O–H groups in total. The number of amides is 1. The van der Waals surface area contributed by atoms with E-state index in [1.165, 1.54) is 18.4 Å². The van der Waals surface area contributed by atoms with E-state index in [1.54, 1.807) is 6.07 Å². The Morgan fingerprint density at radius 1 is 1.22 bits per heavy atom. The Morgan fingerprint density at radius 3 is 2.89 bits per heavy atom. The highest BCUT2D eigenvalue weighted by Crippen LogP contribution is 2.32. The summed E-state index contributed by atoms with van der Waals surface area (Å²) in [6, 6.07) is 7.79. The molecule has 0 spiro atoms. The van der Waals surface area contributed by atoms with Gasteiger partial charge in [0.1, 0.15) is 5.82 Å². The number of anilines is 1. The second-order valence-electron chi connectivity index (χ2n) is 10.6. The Morgan fingerprint density at radius 2 is 2.08 bits per heavy atom.